The molecule has 0 aliphatic heterocycles. The molecule has 2 heteroatoms. The van der Waals surface area contributed by atoms with Gasteiger partial charge in [-0.05, 0) is 30.5 Å². The highest BCUT2D eigenvalue weighted by atomic mass is 19.1. The molecule has 0 aromatic heterocycles. The van der Waals surface area contributed by atoms with Crippen LogP contribution in [0.4, 0.5) is 4.39 Å². The topological polar surface area (TPSA) is 17.1 Å². The average Bonchev–Trinajstić information content (AvgIpc) is 2.50. The number of carbonyl (C=O) groups is 1. The van der Waals surface area contributed by atoms with Crippen LogP contribution in [0.1, 0.15) is 42.6 Å². The summed E-state index contributed by atoms with van der Waals surface area (Å²) in [5.74, 6) is -0.377. The molecule has 0 saturated heterocycles. The van der Waals surface area contributed by atoms with E-state index in [2.05, 4.69) is 0 Å². The minimum Gasteiger partial charge on any atom is -0.293 e. The number of Topliss-reactive ketones (excluding diaryl/α,β-unsaturated/α-hetero) is 1. The number of ketones is 1. The van der Waals surface area contributed by atoms with Crippen molar-refractivity contribution >= 4 is 5.78 Å². The van der Waals surface area contributed by atoms with E-state index in [9.17, 15) is 9.18 Å². The van der Waals surface area contributed by atoms with Gasteiger partial charge in [-0.3, -0.25) is 4.79 Å². The van der Waals surface area contributed by atoms with Crippen molar-refractivity contribution in [3.63, 3.8) is 0 Å². The number of hydrogen-bond acceptors (Lipinski definition) is 1. The van der Waals surface area contributed by atoms with Crippen LogP contribution >= 0.6 is 0 Å². The normalized spacial score (nSPS) is 11.3. The molecule has 0 aliphatic carbocycles. The Morgan fingerprint density at radius 2 is 1.65 bits per heavy atom. The largest absolute Gasteiger partial charge is 0.293 e. The molecule has 0 heterocycles. The highest BCUT2D eigenvalue weighted by molar-refractivity contribution is 6.04. The molecule has 0 N–H and O–H groups in total. The van der Waals surface area contributed by atoms with Gasteiger partial charge in [0.2, 0.25) is 0 Å². The number of rotatable bonds is 5. The SMILES string of the molecule is CCC(CC)(C(=O)c1cccc(F)c1)c1ccccc1. The third kappa shape index (κ3) is 2.51. The summed E-state index contributed by atoms with van der Waals surface area (Å²) in [6.45, 7) is 4.02. The first-order valence-corrected chi connectivity index (χ1v) is 7.00. The molecule has 20 heavy (non-hydrogen) atoms. The highest BCUT2D eigenvalue weighted by Crippen LogP contribution is 2.35. The van der Waals surface area contributed by atoms with E-state index in [-0.39, 0.29) is 11.6 Å². The Labute approximate surface area is 119 Å². The van der Waals surface area contributed by atoms with Gasteiger partial charge in [-0.2, -0.15) is 0 Å². The monoisotopic (exact) mass is 270 g/mol. The van der Waals surface area contributed by atoms with E-state index < -0.39 is 5.41 Å². The molecule has 0 bridgehead atoms. The molecule has 0 atom stereocenters. The van der Waals surface area contributed by atoms with Gasteiger partial charge in [-0.1, -0.05) is 56.3 Å². The summed E-state index contributed by atoms with van der Waals surface area (Å²) in [7, 11) is 0. The molecule has 2 rings (SSSR count). The lowest BCUT2D eigenvalue weighted by Crippen LogP contribution is -2.34. The first kappa shape index (κ1) is 14.4. The Morgan fingerprint density at radius 1 is 1.00 bits per heavy atom. The Kier molecular flexibility index (Phi) is 4.33. The zero-order valence-corrected chi connectivity index (χ0v) is 11.9. The van der Waals surface area contributed by atoms with E-state index >= 15 is 0 Å². The third-order valence-corrected chi connectivity index (χ3v) is 4.05. The van der Waals surface area contributed by atoms with Gasteiger partial charge in [0, 0.05) is 5.56 Å². The van der Waals surface area contributed by atoms with Gasteiger partial charge in [0.15, 0.2) is 5.78 Å². The summed E-state index contributed by atoms with van der Waals surface area (Å²) in [5, 5.41) is 0. The molecular weight excluding hydrogens is 251 g/mol. The van der Waals surface area contributed by atoms with Gasteiger partial charge in [0.1, 0.15) is 5.82 Å². The van der Waals surface area contributed by atoms with Crippen LogP contribution in [-0.4, -0.2) is 5.78 Å². The van der Waals surface area contributed by atoms with Gasteiger partial charge in [-0.15, -0.1) is 0 Å². The summed E-state index contributed by atoms with van der Waals surface area (Å²) >= 11 is 0. The fraction of sp³-hybridized carbons (Fsp3) is 0.278. The second-order valence-corrected chi connectivity index (χ2v) is 4.99. The molecule has 0 spiro atoms. The van der Waals surface area contributed by atoms with Crippen LogP contribution in [-0.2, 0) is 5.41 Å². The molecular formula is C18H19FO. The van der Waals surface area contributed by atoms with Gasteiger partial charge in [0.25, 0.3) is 0 Å². The van der Waals surface area contributed by atoms with E-state index in [1.807, 2.05) is 44.2 Å². The third-order valence-electron chi connectivity index (χ3n) is 4.05. The van der Waals surface area contributed by atoms with Gasteiger partial charge >= 0.3 is 0 Å². The number of benzene rings is 2. The zero-order valence-electron chi connectivity index (χ0n) is 11.9. The number of halogens is 1. The van der Waals surface area contributed by atoms with Crippen LogP contribution in [0, 0.1) is 5.82 Å². The quantitative estimate of drug-likeness (QED) is 0.715. The molecule has 0 amide bonds. The maximum absolute atomic E-state index is 13.4. The Morgan fingerprint density at radius 3 is 2.20 bits per heavy atom. The van der Waals surface area contributed by atoms with Crippen molar-refractivity contribution in [3.8, 4) is 0 Å². The summed E-state index contributed by atoms with van der Waals surface area (Å²) in [4.78, 5) is 12.9. The van der Waals surface area contributed by atoms with Gasteiger partial charge in [0.05, 0.1) is 5.41 Å². The molecule has 2 aromatic rings. The minimum atomic E-state index is -0.574. The van der Waals surface area contributed by atoms with Crippen LogP contribution in [0.2, 0.25) is 0 Å². The second kappa shape index (κ2) is 6.00. The molecule has 0 saturated carbocycles. The summed E-state index contributed by atoms with van der Waals surface area (Å²) < 4.78 is 13.4. The summed E-state index contributed by atoms with van der Waals surface area (Å²) in [6.07, 6.45) is 1.39. The lowest BCUT2D eigenvalue weighted by atomic mass is 9.70. The molecule has 2 aromatic carbocycles. The van der Waals surface area contributed by atoms with Crippen LogP contribution in [0.5, 0.6) is 0 Å². The van der Waals surface area contributed by atoms with Crippen molar-refractivity contribution in [3.05, 3.63) is 71.5 Å². The minimum absolute atomic E-state index is 0.00630. The predicted molar refractivity (Wildman–Crippen MR) is 79.4 cm³/mol. The molecule has 0 unspecified atom stereocenters. The van der Waals surface area contributed by atoms with E-state index in [1.165, 1.54) is 12.1 Å². The lowest BCUT2D eigenvalue weighted by molar-refractivity contribution is 0.0872. The summed E-state index contributed by atoms with van der Waals surface area (Å²) in [6, 6.07) is 15.7. The first-order chi connectivity index (χ1) is 9.64. The molecule has 0 aliphatic rings. The van der Waals surface area contributed by atoms with Gasteiger partial charge < -0.3 is 0 Å². The smallest absolute Gasteiger partial charge is 0.173 e. The van der Waals surface area contributed by atoms with Crippen molar-refractivity contribution in [2.75, 3.05) is 0 Å². The van der Waals surface area contributed by atoms with Crippen molar-refractivity contribution in [2.45, 2.75) is 32.1 Å². The lowest BCUT2D eigenvalue weighted by Gasteiger charge is -2.31. The van der Waals surface area contributed by atoms with Gasteiger partial charge in [-0.25, -0.2) is 4.39 Å². The maximum atomic E-state index is 13.4. The van der Waals surface area contributed by atoms with E-state index in [0.717, 1.165) is 5.56 Å². The average molecular weight is 270 g/mol. The zero-order chi connectivity index (χ0) is 14.6. The molecule has 0 radical (unpaired) electrons. The van der Waals surface area contributed by atoms with Crippen molar-refractivity contribution in [1.82, 2.24) is 0 Å². The van der Waals surface area contributed by atoms with Crippen LogP contribution in [0.25, 0.3) is 0 Å². The summed E-state index contributed by atoms with van der Waals surface area (Å²) in [5.41, 5.74) is 0.867. The Bertz CT molecular complexity index is 585. The second-order valence-electron chi connectivity index (χ2n) is 4.99. The molecule has 104 valence electrons. The number of carbonyl (C=O) groups excluding carboxylic acids is 1. The molecule has 0 fully saturated rings. The highest BCUT2D eigenvalue weighted by Gasteiger charge is 2.37. The number of hydrogen-bond donors (Lipinski definition) is 0. The first-order valence-electron chi connectivity index (χ1n) is 7.00. The van der Waals surface area contributed by atoms with Crippen molar-refractivity contribution < 1.29 is 9.18 Å². The van der Waals surface area contributed by atoms with E-state index in [0.29, 0.717) is 18.4 Å². The standard InChI is InChI=1S/C18H19FO/c1-3-18(4-2,15-10-6-5-7-11-15)17(20)14-9-8-12-16(19)13-14/h5-13H,3-4H2,1-2H3. The van der Waals surface area contributed by atoms with E-state index in [1.54, 1.807) is 12.1 Å². The Hall–Kier alpha value is -1.96. The van der Waals surface area contributed by atoms with Crippen molar-refractivity contribution in [2.24, 2.45) is 0 Å². The predicted octanol–water partition coefficient (Wildman–Crippen LogP) is 4.77. The Balaban J connectivity index is 2.51. The van der Waals surface area contributed by atoms with E-state index in [4.69, 9.17) is 0 Å². The fourth-order valence-electron chi connectivity index (χ4n) is 2.77. The maximum Gasteiger partial charge on any atom is 0.173 e. The van der Waals surface area contributed by atoms with Crippen molar-refractivity contribution in [1.29, 1.82) is 0 Å². The van der Waals surface area contributed by atoms with Crippen LogP contribution < -0.4 is 0 Å². The van der Waals surface area contributed by atoms with Crippen LogP contribution in [0.15, 0.2) is 54.6 Å². The molecule has 1 nitrogen and oxygen atoms in total. The van der Waals surface area contributed by atoms with Crippen LogP contribution in [0.3, 0.4) is 0 Å². The fourth-order valence-corrected chi connectivity index (χ4v) is 2.77.